The van der Waals surface area contributed by atoms with Gasteiger partial charge in [-0.15, -0.1) is 0 Å². The summed E-state index contributed by atoms with van der Waals surface area (Å²) in [6, 6.07) is 4.23. The molecule has 1 saturated heterocycles. The predicted molar refractivity (Wildman–Crippen MR) is 69.4 cm³/mol. The molecule has 3 rings (SSSR count). The lowest BCUT2D eigenvalue weighted by Crippen LogP contribution is -2.41. The minimum absolute atomic E-state index is 0.186. The second kappa shape index (κ2) is 4.86. The van der Waals surface area contributed by atoms with Crippen LogP contribution in [-0.2, 0) is 17.8 Å². The van der Waals surface area contributed by atoms with Gasteiger partial charge < -0.3 is 5.32 Å². The van der Waals surface area contributed by atoms with Gasteiger partial charge in [-0.2, -0.15) is 0 Å². The van der Waals surface area contributed by atoms with Gasteiger partial charge in [0, 0.05) is 44.2 Å². The Hall–Kier alpha value is -1.13. The number of fused-ring (bicyclic) bond motifs is 1. The zero-order valence-electron chi connectivity index (χ0n) is 10.2. The Morgan fingerprint density at radius 2 is 2.33 bits per heavy atom. The molecule has 4 nitrogen and oxygen atoms in total. The Balaban J connectivity index is 1.64. The van der Waals surface area contributed by atoms with Crippen molar-refractivity contribution in [1.29, 1.82) is 0 Å². The molecule has 1 aromatic heterocycles. The zero-order chi connectivity index (χ0) is 12.5. The van der Waals surface area contributed by atoms with Crippen LogP contribution in [0, 0.1) is 0 Å². The van der Waals surface area contributed by atoms with Crippen molar-refractivity contribution >= 4 is 17.5 Å². The molecule has 0 saturated carbocycles. The molecule has 1 atom stereocenters. The third-order valence-corrected chi connectivity index (χ3v) is 3.87. The molecular formula is C13H16ClN3O. The van der Waals surface area contributed by atoms with Crippen molar-refractivity contribution < 1.29 is 4.79 Å². The fourth-order valence-corrected chi connectivity index (χ4v) is 2.89. The average Bonchev–Trinajstić information content (AvgIpc) is 2.75. The lowest BCUT2D eigenvalue weighted by Gasteiger charge is -2.30. The first-order valence-electron chi connectivity index (χ1n) is 6.37. The first kappa shape index (κ1) is 11.9. The molecule has 2 aliphatic rings. The molecule has 0 spiro atoms. The largest absolute Gasteiger partial charge is 0.352 e. The van der Waals surface area contributed by atoms with E-state index in [9.17, 15) is 4.79 Å². The van der Waals surface area contributed by atoms with Gasteiger partial charge in [-0.1, -0.05) is 17.7 Å². The summed E-state index contributed by atoms with van der Waals surface area (Å²) in [6.45, 7) is 2.84. The van der Waals surface area contributed by atoms with E-state index in [0.29, 0.717) is 17.6 Å². The number of hydrogen-bond donors (Lipinski definition) is 1. The molecule has 1 fully saturated rings. The van der Waals surface area contributed by atoms with Crippen molar-refractivity contribution in [3.63, 3.8) is 0 Å². The van der Waals surface area contributed by atoms with Crippen molar-refractivity contribution in [2.24, 2.45) is 0 Å². The third kappa shape index (κ3) is 2.49. The van der Waals surface area contributed by atoms with Gasteiger partial charge in [0.15, 0.2) is 0 Å². The van der Waals surface area contributed by atoms with Crippen LogP contribution in [0.15, 0.2) is 12.1 Å². The number of halogens is 1. The summed E-state index contributed by atoms with van der Waals surface area (Å²) in [5.41, 5.74) is 2.38. The molecule has 0 radical (unpaired) electrons. The van der Waals surface area contributed by atoms with Crippen LogP contribution in [0.4, 0.5) is 0 Å². The van der Waals surface area contributed by atoms with Crippen LogP contribution in [-0.4, -0.2) is 34.9 Å². The van der Waals surface area contributed by atoms with Gasteiger partial charge in [0.1, 0.15) is 5.15 Å². The lowest BCUT2D eigenvalue weighted by molar-refractivity contribution is -0.119. The summed E-state index contributed by atoms with van der Waals surface area (Å²) in [6.07, 6.45) is 2.57. The van der Waals surface area contributed by atoms with Gasteiger partial charge in [-0.25, -0.2) is 4.98 Å². The van der Waals surface area contributed by atoms with E-state index < -0.39 is 0 Å². The second-order valence-electron chi connectivity index (χ2n) is 5.03. The number of rotatable bonds is 2. The van der Waals surface area contributed by atoms with E-state index in [1.807, 2.05) is 6.07 Å². The predicted octanol–water partition coefficient (Wildman–Crippen LogP) is 1.37. The molecule has 1 amide bonds. The SMILES string of the molecule is O=C1CC[C@@H](CN2CCc3nc(Cl)ccc3C2)N1. The van der Waals surface area contributed by atoms with E-state index >= 15 is 0 Å². The van der Waals surface area contributed by atoms with Crippen LogP contribution in [0.2, 0.25) is 5.15 Å². The standard InChI is InChI=1S/C13H16ClN3O/c14-12-3-1-9-7-17(6-5-11(9)16-12)8-10-2-4-13(18)15-10/h1,3,10H,2,4-8H2,(H,15,18)/t10-/m0/s1. The zero-order valence-corrected chi connectivity index (χ0v) is 10.9. The molecule has 96 valence electrons. The molecule has 5 heteroatoms. The summed E-state index contributed by atoms with van der Waals surface area (Å²) in [4.78, 5) is 17.9. The van der Waals surface area contributed by atoms with E-state index in [-0.39, 0.29) is 5.91 Å². The van der Waals surface area contributed by atoms with Crippen molar-refractivity contribution in [2.75, 3.05) is 13.1 Å². The highest BCUT2D eigenvalue weighted by Crippen LogP contribution is 2.20. The summed E-state index contributed by atoms with van der Waals surface area (Å²) >= 11 is 5.89. The van der Waals surface area contributed by atoms with Crippen LogP contribution < -0.4 is 5.32 Å². The van der Waals surface area contributed by atoms with Crippen LogP contribution >= 0.6 is 11.6 Å². The maximum atomic E-state index is 11.2. The number of carbonyl (C=O) groups excluding carboxylic acids is 1. The molecule has 3 heterocycles. The Morgan fingerprint density at radius 1 is 1.44 bits per heavy atom. The Kier molecular flexibility index (Phi) is 3.22. The molecule has 0 aromatic carbocycles. The van der Waals surface area contributed by atoms with Crippen LogP contribution in [0.5, 0.6) is 0 Å². The van der Waals surface area contributed by atoms with E-state index in [0.717, 1.165) is 38.2 Å². The first-order valence-corrected chi connectivity index (χ1v) is 6.74. The van der Waals surface area contributed by atoms with E-state index in [2.05, 4.69) is 21.3 Å². The molecule has 2 aliphatic heterocycles. The minimum Gasteiger partial charge on any atom is -0.352 e. The number of carbonyl (C=O) groups is 1. The highest BCUT2D eigenvalue weighted by molar-refractivity contribution is 6.29. The van der Waals surface area contributed by atoms with Crippen molar-refractivity contribution in [3.8, 4) is 0 Å². The van der Waals surface area contributed by atoms with Gasteiger partial charge in [0.2, 0.25) is 5.91 Å². The maximum Gasteiger partial charge on any atom is 0.220 e. The molecule has 0 bridgehead atoms. The number of nitrogens with zero attached hydrogens (tertiary/aromatic N) is 2. The summed E-state index contributed by atoms with van der Waals surface area (Å²) in [5, 5.41) is 3.59. The lowest BCUT2D eigenvalue weighted by atomic mass is 10.0. The van der Waals surface area contributed by atoms with Gasteiger partial charge in [-0.05, 0) is 18.1 Å². The fraction of sp³-hybridized carbons (Fsp3) is 0.538. The molecule has 1 aromatic rings. The summed E-state index contributed by atoms with van der Waals surface area (Å²) < 4.78 is 0. The Morgan fingerprint density at radius 3 is 3.11 bits per heavy atom. The molecule has 0 unspecified atom stereocenters. The summed E-state index contributed by atoms with van der Waals surface area (Å²) in [7, 11) is 0. The maximum absolute atomic E-state index is 11.2. The highest BCUT2D eigenvalue weighted by Gasteiger charge is 2.25. The number of aromatic nitrogens is 1. The van der Waals surface area contributed by atoms with Gasteiger partial charge >= 0.3 is 0 Å². The van der Waals surface area contributed by atoms with E-state index in [1.165, 1.54) is 5.56 Å². The highest BCUT2D eigenvalue weighted by atomic mass is 35.5. The first-order chi connectivity index (χ1) is 8.70. The number of nitrogens with one attached hydrogen (secondary N) is 1. The van der Waals surface area contributed by atoms with Gasteiger partial charge in [0.05, 0.1) is 0 Å². The normalized spacial score (nSPS) is 23.8. The smallest absolute Gasteiger partial charge is 0.220 e. The molecule has 1 N–H and O–H groups in total. The minimum atomic E-state index is 0.186. The van der Waals surface area contributed by atoms with Crippen molar-refractivity contribution in [1.82, 2.24) is 15.2 Å². The Labute approximate surface area is 111 Å². The van der Waals surface area contributed by atoms with Crippen LogP contribution in [0.3, 0.4) is 0 Å². The van der Waals surface area contributed by atoms with Crippen molar-refractivity contribution in [3.05, 3.63) is 28.5 Å². The van der Waals surface area contributed by atoms with E-state index in [4.69, 9.17) is 11.6 Å². The molecular weight excluding hydrogens is 250 g/mol. The van der Waals surface area contributed by atoms with Crippen molar-refractivity contribution in [2.45, 2.75) is 31.8 Å². The van der Waals surface area contributed by atoms with Crippen LogP contribution in [0.1, 0.15) is 24.1 Å². The Bertz CT molecular complexity index is 477. The van der Waals surface area contributed by atoms with Gasteiger partial charge in [-0.3, -0.25) is 9.69 Å². The topological polar surface area (TPSA) is 45.2 Å². The van der Waals surface area contributed by atoms with E-state index in [1.54, 1.807) is 0 Å². The molecule has 18 heavy (non-hydrogen) atoms. The average molecular weight is 266 g/mol. The quantitative estimate of drug-likeness (QED) is 0.822. The number of pyridine rings is 1. The fourth-order valence-electron chi connectivity index (χ4n) is 2.73. The molecule has 0 aliphatic carbocycles. The van der Waals surface area contributed by atoms with Crippen LogP contribution in [0.25, 0.3) is 0 Å². The monoisotopic (exact) mass is 265 g/mol. The number of hydrogen-bond acceptors (Lipinski definition) is 3. The van der Waals surface area contributed by atoms with Gasteiger partial charge in [0.25, 0.3) is 0 Å². The summed E-state index contributed by atoms with van der Waals surface area (Å²) in [5.74, 6) is 0.186. The second-order valence-corrected chi connectivity index (χ2v) is 5.42. The third-order valence-electron chi connectivity index (χ3n) is 3.66. The number of amides is 1.